The third kappa shape index (κ3) is 3.80. The Labute approximate surface area is 124 Å². The molecule has 112 valence electrons. The van der Waals surface area contributed by atoms with Crippen molar-refractivity contribution in [1.82, 2.24) is 4.31 Å². The number of rotatable bonds is 4. The molecule has 0 radical (unpaired) electrons. The molecule has 0 spiro atoms. The predicted molar refractivity (Wildman–Crippen MR) is 77.9 cm³/mol. The number of carbonyl (C=O) groups is 1. The topological polar surface area (TPSA) is 90.3 Å². The van der Waals surface area contributed by atoms with Crippen LogP contribution in [0.2, 0.25) is 0 Å². The zero-order valence-electron chi connectivity index (χ0n) is 11.6. The molecule has 0 aromatic heterocycles. The van der Waals surface area contributed by atoms with E-state index in [1.54, 1.807) is 6.07 Å². The smallest absolute Gasteiger partial charge is 0.243 e. The molecule has 1 saturated heterocycles. The van der Waals surface area contributed by atoms with Gasteiger partial charge in [0.25, 0.3) is 0 Å². The zero-order valence-corrected chi connectivity index (χ0v) is 12.4. The summed E-state index contributed by atoms with van der Waals surface area (Å²) in [6.45, 7) is 1.12. The molecule has 1 aromatic rings. The lowest BCUT2D eigenvalue weighted by Gasteiger charge is -2.25. The second-order valence-corrected chi connectivity index (χ2v) is 6.81. The van der Waals surface area contributed by atoms with E-state index in [0.29, 0.717) is 18.8 Å². The van der Waals surface area contributed by atoms with Crippen molar-refractivity contribution in [2.45, 2.75) is 30.6 Å². The van der Waals surface area contributed by atoms with Gasteiger partial charge in [-0.1, -0.05) is 6.42 Å². The van der Waals surface area contributed by atoms with E-state index >= 15 is 0 Å². The first-order valence-corrected chi connectivity index (χ1v) is 8.25. The molecule has 6 nitrogen and oxygen atoms in total. The summed E-state index contributed by atoms with van der Waals surface area (Å²) in [5.41, 5.74) is 0.479. The van der Waals surface area contributed by atoms with Crippen LogP contribution in [0.25, 0.3) is 0 Å². The van der Waals surface area contributed by atoms with Crippen molar-refractivity contribution in [1.29, 1.82) is 5.26 Å². The molecule has 2 rings (SSSR count). The standard InChI is InChI=1S/C14H17N3O3S/c15-9-8-14(18)16-12-4-6-13(7-5-12)21(19,20)17-10-2-1-3-11-17/h4-7H,1-3,8,10-11H2,(H,16,18). The number of nitriles is 1. The van der Waals surface area contributed by atoms with Gasteiger partial charge in [0, 0.05) is 18.8 Å². The van der Waals surface area contributed by atoms with E-state index in [-0.39, 0.29) is 11.3 Å². The van der Waals surface area contributed by atoms with Crippen LogP contribution in [0.15, 0.2) is 29.2 Å². The highest BCUT2D eigenvalue weighted by atomic mass is 32.2. The quantitative estimate of drug-likeness (QED) is 0.917. The third-order valence-electron chi connectivity index (χ3n) is 3.33. The van der Waals surface area contributed by atoms with Crippen molar-refractivity contribution in [3.05, 3.63) is 24.3 Å². The van der Waals surface area contributed by atoms with E-state index in [2.05, 4.69) is 5.32 Å². The van der Waals surface area contributed by atoms with Crippen LogP contribution in [0.3, 0.4) is 0 Å². The Morgan fingerprint density at radius 2 is 1.81 bits per heavy atom. The number of anilines is 1. The van der Waals surface area contributed by atoms with E-state index in [4.69, 9.17) is 5.26 Å². The molecule has 1 aliphatic rings. The number of nitrogens with one attached hydrogen (secondary N) is 1. The molecule has 0 saturated carbocycles. The van der Waals surface area contributed by atoms with E-state index in [1.165, 1.54) is 28.6 Å². The maximum Gasteiger partial charge on any atom is 0.243 e. The highest BCUT2D eigenvalue weighted by Gasteiger charge is 2.25. The largest absolute Gasteiger partial charge is 0.325 e. The number of amides is 1. The molecule has 1 amide bonds. The summed E-state index contributed by atoms with van der Waals surface area (Å²) in [6.07, 6.45) is 2.62. The van der Waals surface area contributed by atoms with E-state index in [9.17, 15) is 13.2 Å². The minimum absolute atomic E-state index is 0.225. The molecule has 1 aliphatic heterocycles. The van der Waals surface area contributed by atoms with E-state index in [1.807, 2.05) is 0 Å². The van der Waals surface area contributed by atoms with Crippen LogP contribution in [0.1, 0.15) is 25.7 Å². The number of benzene rings is 1. The fourth-order valence-electron chi connectivity index (χ4n) is 2.24. The minimum atomic E-state index is -3.45. The first-order chi connectivity index (χ1) is 10.0. The maximum absolute atomic E-state index is 12.4. The number of piperidine rings is 1. The van der Waals surface area contributed by atoms with Crippen molar-refractivity contribution < 1.29 is 13.2 Å². The summed E-state index contributed by atoms with van der Waals surface area (Å²) in [7, 11) is -3.45. The summed E-state index contributed by atoms with van der Waals surface area (Å²) in [5.74, 6) is -0.413. The molecule has 0 unspecified atom stereocenters. The van der Waals surface area contributed by atoms with Gasteiger partial charge in [-0.15, -0.1) is 0 Å². The van der Waals surface area contributed by atoms with Crippen LogP contribution < -0.4 is 5.32 Å². The lowest BCUT2D eigenvalue weighted by atomic mass is 10.2. The highest BCUT2D eigenvalue weighted by molar-refractivity contribution is 7.89. The lowest BCUT2D eigenvalue weighted by Crippen LogP contribution is -2.35. The summed E-state index contributed by atoms with van der Waals surface area (Å²) >= 11 is 0. The van der Waals surface area contributed by atoms with Gasteiger partial charge < -0.3 is 5.32 Å². The summed E-state index contributed by atoms with van der Waals surface area (Å²) in [6, 6.07) is 7.78. The fourth-order valence-corrected chi connectivity index (χ4v) is 3.76. The molecule has 0 atom stereocenters. The van der Waals surface area contributed by atoms with Crippen molar-refractivity contribution in [2.24, 2.45) is 0 Å². The van der Waals surface area contributed by atoms with Crippen LogP contribution in [0.5, 0.6) is 0 Å². The van der Waals surface area contributed by atoms with E-state index in [0.717, 1.165) is 19.3 Å². The number of hydrogen-bond donors (Lipinski definition) is 1. The molecule has 0 aliphatic carbocycles. The van der Waals surface area contributed by atoms with Crippen LogP contribution in [0.4, 0.5) is 5.69 Å². The minimum Gasteiger partial charge on any atom is -0.325 e. The van der Waals surface area contributed by atoms with Crippen LogP contribution in [-0.2, 0) is 14.8 Å². The van der Waals surface area contributed by atoms with Crippen LogP contribution in [0, 0.1) is 11.3 Å². The number of nitrogens with zero attached hydrogens (tertiary/aromatic N) is 2. The predicted octanol–water partition coefficient (Wildman–Crippen LogP) is 1.71. The molecule has 0 bridgehead atoms. The molecule has 1 fully saturated rings. The van der Waals surface area contributed by atoms with Crippen molar-refractivity contribution >= 4 is 21.6 Å². The summed E-state index contributed by atoms with van der Waals surface area (Å²) < 4.78 is 26.3. The number of sulfonamides is 1. The first kappa shape index (κ1) is 15.5. The van der Waals surface area contributed by atoms with Gasteiger partial charge in [0.2, 0.25) is 15.9 Å². The SMILES string of the molecule is N#CCC(=O)Nc1ccc(S(=O)(=O)N2CCCCC2)cc1. The van der Waals surface area contributed by atoms with Gasteiger partial charge in [0.15, 0.2) is 0 Å². The van der Waals surface area contributed by atoms with Crippen LogP contribution in [-0.4, -0.2) is 31.7 Å². The number of carbonyl (C=O) groups excluding carboxylic acids is 1. The third-order valence-corrected chi connectivity index (χ3v) is 5.24. The second kappa shape index (κ2) is 6.70. The van der Waals surface area contributed by atoms with Crippen molar-refractivity contribution in [3.8, 4) is 6.07 Å². The van der Waals surface area contributed by atoms with Crippen molar-refractivity contribution in [2.75, 3.05) is 18.4 Å². The number of hydrogen-bond acceptors (Lipinski definition) is 4. The molecule has 1 heterocycles. The highest BCUT2D eigenvalue weighted by Crippen LogP contribution is 2.21. The second-order valence-electron chi connectivity index (χ2n) is 4.87. The Balaban J connectivity index is 2.11. The molecule has 1 N–H and O–H groups in total. The Hall–Kier alpha value is -1.91. The van der Waals surface area contributed by atoms with Gasteiger partial charge in [0.1, 0.15) is 6.42 Å². The normalized spacial score (nSPS) is 16.1. The summed E-state index contributed by atoms with van der Waals surface area (Å²) in [5, 5.41) is 10.9. The van der Waals surface area contributed by atoms with Crippen LogP contribution >= 0.6 is 0 Å². The Kier molecular flexibility index (Phi) is 4.94. The molecule has 7 heteroatoms. The Bertz CT molecular complexity index is 641. The molecular formula is C14H17N3O3S. The molecule has 1 aromatic carbocycles. The lowest BCUT2D eigenvalue weighted by molar-refractivity contribution is -0.115. The average molecular weight is 307 g/mol. The van der Waals surface area contributed by atoms with Gasteiger partial charge in [0.05, 0.1) is 11.0 Å². The fraction of sp³-hybridized carbons (Fsp3) is 0.429. The van der Waals surface area contributed by atoms with Gasteiger partial charge in [-0.25, -0.2) is 8.42 Å². The molecular weight excluding hydrogens is 290 g/mol. The summed E-state index contributed by atoms with van der Waals surface area (Å²) in [4.78, 5) is 11.5. The van der Waals surface area contributed by atoms with Crippen molar-refractivity contribution in [3.63, 3.8) is 0 Å². The Morgan fingerprint density at radius 3 is 2.38 bits per heavy atom. The maximum atomic E-state index is 12.4. The van der Waals surface area contributed by atoms with E-state index < -0.39 is 15.9 Å². The average Bonchev–Trinajstić information content (AvgIpc) is 2.49. The van der Waals surface area contributed by atoms with Gasteiger partial charge in [-0.05, 0) is 37.1 Å². The van der Waals surface area contributed by atoms with Gasteiger partial charge in [-0.3, -0.25) is 4.79 Å². The van der Waals surface area contributed by atoms with Gasteiger partial charge in [-0.2, -0.15) is 9.57 Å². The monoisotopic (exact) mass is 307 g/mol. The zero-order chi connectivity index (χ0) is 15.3. The Morgan fingerprint density at radius 1 is 1.19 bits per heavy atom. The first-order valence-electron chi connectivity index (χ1n) is 6.81. The molecule has 21 heavy (non-hydrogen) atoms. The van der Waals surface area contributed by atoms with Gasteiger partial charge >= 0.3 is 0 Å².